The van der Waals surface area contributed by atoms with E-state index in [9.17, 15) is 0 Å². The summed E-state index contributed by atoms with van der Waals surface area (Å²) in [5.41, 5.74) is 5.57. The van der Waals surface area contributed by atoms with E-state index in [0.29, 0.717) is 6.04 Å². The van der Waals surface area contributed by atoms with Gasteiger partial charge in [-0.3, -0.25) is 0 Å². The molecule has 60 valence electrons. The van der Waals surface area contributed by atoms with E-state index in [4.69, 9.17) is 5.73 Å². The Hall–Kier alpha value is -0.0800. The van der Waals surface area contributed by atoms with E-state index in [1.807, 2.05) is 6.92 Å². The van der Waals surface area contributed by atoms with Crippen LogP contribution in [0.3, 0.4) is 0 Å². The first-order valence-corrected chi connectivity index (χ1v) is 4.16. The Bertz CT molecular complexity index is 101. The van der Waals surface area contributed by atoms with Gasteiger partial charge in [0.15, 0.2) is 0 Å². The number of nitrogens with one attached hydrogen (secondary N) is 1. The van der Waals surface area contributed by atoms with Crippen molar-refractivity contribution in [3.05, 3.63) is 0 Å². The average molecular weight is 142 g/mol. The molecule has 0 heterocycles. The highest BCUT2D eigenvalue weighted by atomic mass is 14.9. The normalized spacial score (nSPS) is 33.9. The standard InChI is InChI=1S/C8H18N2/c1-6-3-8(6)5-10-4-7(2)9/h6-8,10H,3-5,9H2,1-2H3. The second kappa shape index (κ2) is 3.35. The van der Waals surface area contributed by atoms with Crippen LogP contribution < -0.4 is 11.1 Å². The molecule has 10 heavy (non-hydrogen) atoms. The molecule has 1 rings (SSSR count). The third kappa shape index (κ3) is 2.67. The molecule has 2 heteroatoms. The molecule has 0 spiro atoms. The van der Waals surface area contributed by atoms with Crippen LogP contribution in [0.5, 0.6) is 0 Å². The monoisotopic (exact) mass is 142 g/mol. The zero-order chi connectivity index (χ0) is 7.56. The van der Waals surface area contributed by atoms with Gasteiger partial charge in [0.05, 0.1) is 0 Å². The van der Waals surface area contributed by atoms with E-state index in [1.54, 1.807) is 0 Å². The van der Waals surface area contributed by atoms with Gasteiger partial charge in [0.25, 0.3) is 0 Å². The Kier molecular flexibility index (Phi) is 2.69. The molecular weight excluding hydrogens is 124 g/mol. The van der Waals surface area contributed by atoms with Crippen LogP contribution in [0.15, 0.2) is 0 Å². The van der Waals surface area contributed by atoms with Crippen LogP contribution in [0.4, 0.5) is 0 Å². The van der Waals surface area contributed by atoms with Crippen molar-refractivity contribution in [3.8, 4) is 0 Å². The summed E-state index contributed by atoms with van der Waals surface area (Å²) in [4.78, 5) is 0. The quantitative estimate of drug-likeness (QED) is 0.602. The van der Waals surface area contributed by atoms with Gasteiger partial charge in [0.1, 0.15) is 0 Å². The fourth-order valence-electron chi connectivity index (χ4n) is 1.18. The summed E-state index contributed by atoms with van der Waals surface area (Å²) in [7, 11) is 0. The van der Waals surface area contributed by atoms with Gasteiger partial charge in [0.2, 0.25) is 0 Å². The molecular formula is C8H18N2. The predicted octanol–water partition coefficient (Wildman–Crippen LogP) is 0.579. The first kappa shape index (κ1) is 8.02. The summed E-state index contributed by atoms with van der Waals surface area (Å²) >= 11 is 0. The van der Waals surface area contributed by atoms with Crippen LogP contribution in [0, 0.1) is 11.8 Å². The summed E-state index contributed by atoms with van der Waals surface area (Å²) in [6.45, 7) is 6.47. The molecule has 0 radical (unpaired) electrons. The molecule has 1 aliphatic rings. The predicted molar refractivity (Wildman–Crippen MR) is 43.8 cm³/mol. The van der Waals surface area contributed by atoms with Gasteiger partial charge in [-0.25, -0.2) is 0 Å². The Labute approximate surface area is 63.2 Å². The van der Waals surface area contributed by atoms with E-state index in [-0.39, 0.29) is 0 Å². The molecule has 0 aliphatic heterocycles. The fourth-order valence-corrected chi connectivity index (χ4v) is 1.18. The van der Waals surface area contributed by atoms with Crippen molar-refractivity contribution in [3.63, 3.8) is 0 Å². The lowest BCUT2D eigenvalue weighted by Crippen LogP contribution is -2.32. The fraction of sp³-hybridized carbons (Fsp3) is 1.00. The largest absolute Gasteiger partial charge is 0.327 e. The van der Waals surface area contributed by atoms with Crippen LogP contribution in [0.2, 0.25) is 0 Å². The van der Waals surface area contributed by atoms with Gasteiger partial charge in [-0.05, 0) is 31.7 Å². The minimum atomic E-state index is 0.300. The van der Waals surface area contributed by atoms with Crippen molar-refractivity contribution >= 4 is 0 Å². The van der Waals surface area contributed by atoms with Gasteiger partial charge in [-0.15, -0.1) is 0 Å². The Morgan fingerprint density at radius 1 is 1.70 bits per heavy atom. The highest BCUT2D eigenvalue weighted by molar-refractivity contribution is 4.84. The number of nitrogens with two attached hydrogens (primary N) is 1. The number of hydrogen-bond donors (Lipinski definition) is 2. The maximum atomic E-state index is 5.57. The summed E-state index contributed by atoms with van der Waals surface area (Å²) in [5, 5.41) is 3.35. The Balaban J connectivity index is 1.87. The molecule has 3 unspecified atom stereocenters. The zero-order valence-corrected chi connectivity index (χ0v) is 6.93. The van der Waals surface area contributed by atoms with Crippen LogP contribution in [0.1, 0.15) is 20.3 Å². The third-order valence-electron chi connectivity index (χ3n) is 2.15. The highest BCUT2D eigenvalue weighted by Gasteiger charge is 2.31. The van der Waals surface area contributed by atoms with E-state index < -0.39 is 0 Å². The number of rotatable bonds is 4. The molecule has 0 aromatic heterocycles. The Morgan fingerprint density at radius 2 is 2.30 bits per heavy atom. The smallest absolute Gasteiger partial charge is 0.0136 e. The van der Waals surface area contributed by atoms with Crippen LogP contribution >= 0.6 is 0 Å². The molecule has 1 aliphatic carbocycles. The van der Waals surface area contributed by atoms with Crippen molar-refractivity contribution in [2.24, 2.45) is 17.6 Å². The van der Waals surface area contributed by atoms with Gasteiger partial charge >= 0.3 is 0 Å². The van der Waals surface area contributed by atoms with Gasteiger partial charge in [-0.2, -0.15) is 0 Å². The molecule has 1 fully saturated rings. The van der Waals surface area contributed by atoms with E-state index in [0.717, 1.165) is 18.4 Å². The lowest BCUT2D eigenvalue weighted by atomic mass is 10.3. The van der Waals surface area contributed by atoms with E-state index >= 15 is 0 Å². The van der Waals surface area contributed by atoms with Crippen molar-refractivity contribution in [2.45, 2.75) is 26.3 Å². The van der Waals surface area contributed by atoms with Gasteiger partial charge in [-0.1, -0.05) is 6.92 Å². The first-order valence-electron chi connectivity index (χ1n) is 4.16. The zero-order valence-electron chi connectivity index (χ0n) is 6.93. The van der Waals surface area contributed by atoms with Crippen LogP contribution in [0.25, 0.3) is 0 Å². The summed E-state index contributed by atoms with van der Waals surface area (Å²) in [5.74, 6) is 1.90. The maximum Gasteiger partial charge on any atom is 0.0136 e. The molecule has 0 amide bonds. The molecule has 2 nitrogen and oxygen atoms in total. The minimum absolute atomic E-state index is 0.300. The molecule has 0 aromatic rings. The van der Waals surface area contributed by atoms with Crippen LogP contribution in [-0.2, 0) is 0 Å². The third-order valence-corrected chi connectivity index (χ3v) is 2.15. The van der Waals surface area contributed by atoms with E-state index in [2.05, 4.69) is 12.2 Å². The second-order valence-corrected chi connectivity index (χ2v) is 3.61. The number of hydrogen-bond acceptors (Lipinski definition) is 2. The summed E-state index contributed by atoms with van der Waals surface area (Å²) in [6.07, 6.45) is 1.41. The first-order chi connectivity index (χ1) is 4.70. The summed E-state index contributed by atoms with van der Waals surface area (Å²) in [6, 6.07) is 0.300. The SMILES string of the molecule is CC(N)CNCC1CC1C. The highest BCUT2D eigenvalue weighted by Crippen LogP contribution is 2.36. The summed E-state index contributed by atoms with van der Waals surface area (Å²) < 4.78 is 0. The van der Waals surface area contributed by atoms with Crippen molar-refractivity contribution < 1.29 is 0 Å². The van der Waals surface area contributed by atoms with Crippen molar-refractivity contribution in [1.82, 2.24) is 5.32 Å². The molecule has 3 N–H and O–H groups in total. The molecule has 3 atom stereocenters. The van der Waals surface area contributed by atoms with Crippen molar-refractivity contribution in [1.29, 1.82) is 0 Å². The maximum absolute atomic E-state index is 5.57. The molecule has 0 bridgehead atoms. The molecule has 0 aromatic carbocycles. The van der Waals surface area contributed by atoms with Gasteiger partial charge < -0.3 is 11.1 Å². The minimum Gasteiger partial charge on any atom is -0.327 e. The topological polar surface area (TPSA) is 38.0 Å². The van der Waals surface area contributed by atoms with Gasteiger partial charge in [0, 0.05) is 12.6 Å². The average Bonchev–Trinajstić information content (AvgIpc) is 2.46. The van der Waals surface area contributed by atoms with E-state index in [1.165, 1.54) is 13.0 Å². The van der Waals surface area contributed by atoms with Crippen LogP contribution in [-0.4, -0.2) is 19.1 Å². The lowest BCUT2D eigenvalue weighted by molar-refractivity contribution is 0.568. The molecule has 1 saturated carbocycles. The Morgan fingerprint density at radius 3 is 2.70 bits per heavy atom. The second-order valence-electron chi connectivity index (χ2n) is 3.61. The van der Waals surface area contributed by atoms with Crippen molar-refractivity contribution in [2.75, 3.05) is 13.1 Å². The molecule has 0 saturated heterocycles. The lowest BCUT2D eigenvalue weighted by Gasteiger charge is -2.05.